The van der Waals surface area contributed by atoms with Crippen molar-refractivity contribution in [2.45, 2.75) is 177 Å². The molecule has 27 heteroatoms. The van der Waals surface area contributed by atoms with Gasteiger partial charge in [-0.2, -0.15) is 0 Å². The summed E-state index contributed by atoms with van der Waals surface area (Å²) in [6.07, 6.45) is -12.8. The number of aromatic amines is 1. The first-order valence-electron chi connectivity index (χ1n) is 23.3. The maximum Gasteiger partial charge on any atom is 0.330 e. The van der Waals surface area contributed by atoms with E-state index >= 15 is 0 Å². The molecule has 1 aromatic rings. The Balaban J connectivity index is 1.64. The van der Waals surface area contributed by atoms with Gasteiger partial charge in [0.1, 0.15) is 54.9 Å². The monoisotopic (exact) mass is 1020 g/mol. The molecule has 1 amide bonds. The summed E-state index contributed by atoms with van der Waals surface area (Å²) in [6, 6.07) is -2.91. The summed E-state index contributed by atoms with van der Waals surface area (Å²) in [7, 11) is -3.33. The van der Waals surface area contributed by atoms with E-state index in [0.717, 1.165) is 69.2 Å². The van der Waals surface area contributed by atoms with Gasteiger partial charge in [0.05, 0.1) is 6.42 Å². The molecule has 1 aromatic heterocycles. The molecule has 0 aliphatic carbocycles. The Morgan fingerprint density at radius 2 is 1.51 bits per heavy atom. The number of carboxylic acid groups (broad SMARTS) is 2. The fourth-order valence-electron chi connectivity index (χ4n) is 8.95. The van der Waals surface area contributed by atoms with Crippen LogP contribution in [0.4, 0.5) is 0 Å². The van der Waals surface area contributed by atoms with E-state index in [2.05, 4.69) is 18.0 Å². The number of esters is 2. The number of carboxylic acids is 2. The summed E-state index contributed by atoms with van der Waals surface area (Å²) >= 11 is 0. The van der Waals surface area contributed by atoms with Gasteiger partial charge in [-0.15, -0.1) is 0 Å². The van der Waals surface area contributed by atoms with Gasteiger partial charge in [-0.25, -0.2) is 18.0 Å². The molecule has 3 aliphatic heterocycles. The molecule has 398 valence electrons. The molecule has 0 radical (unpaired) electrons. The number of aliphatic carboxylic acids is 2. The molecule has 26 nitrogen and oxygen atoms in total. The highest BCUT2D eigenvalue weighted by Crippen LogP contribution is 2.37. The number of nitrogens with two attached hydrogens (primary N) is 1. The van der Waals surface area contributed by atoms with Crippen LogP contribution in [0.2, 0.25) is 0 Å². The summed E-state index contributed by atoms with van der Waals surface area (Å²) in [5, 5.41) is 53.3. The lowest BCUT2D eigenvalue weighted by atomic mass is 9.97. The van der Waals surface area contributed by atoms with Gasteiger partial charge in [0.2, 0.25) is 16.3 Å². The maximum atomic E-state index is 14.7. The van der Waals surface area contributed by atoms with Gasteiger partial charge in [-0.3, -0.25) is 42.6 Å². The van der Waals surface area contributed by atoms with Crippen LogP contribution in [-0.4, -0.2) is 188 Å². The Morgan fingerprint density at radius 3 is 2.09 bits per heavy atom. The van der Waals surface area contributed by atoms with E-state index < -0.39 is 156 Å². The molecule has 14 atom stereocenters. The van der Waals surface area contributed by atoms with Crippen molar-refractivity contribution in [3.05, 3.63) is 33.1 Å². The zero-order chi connectivity index (χ0) is 52.2. The zero-order valence-corrected chi connectivity index (χ0v) is 40.6. The highest BCUT2D eigenvalue weighted by Gasteiger charge is 2.57. The second-order valence-electron chi connectivity index (χ2n) is 18.6. The van der Waals surface area contributed by atoms with E-state index in [1.165, 1.54) is 7.05 Å². The normalized spacial score (nSPS) is 28.9. The molecular weight excluding hydrogens is 955 g/mol. The van der Waals surface area contributed by atoms with Crippen molar-refractivity contribution in [2.75, 3.05) is 27.2 Å². The van der Waals surface area contributed by atoms with Crippen LogP contribution in [0.25, 0.3) is 0 Å². The number of aromatic nitrogens is 2. The Morgan fingerprint density at radius 1 is 0.886 bits per heavy atom. The summed E-state index contributed by atoms with van der Waals surface area (Å²) in [4.78, 5) is 94.1. The predicted molar refractivity (Wildman–Crippen MR) is 238 cm³/mol. The van der Waals surface area contributed by atoms with Crippen LogP contribution in [0.5, 0.6) is 0 Å². The number of aliphatic hydroxyl groups excluding tert-OH is 3. The number of carbonyl (C=O) groups is 5. The summed E-state index contributed by atoms with van der Waals surface area (Å²) in [5.41, 5.74) is 3.76. The summed E-state index contributed by atoms with van der Waals surface area (Å²) in [5.74, 6) is -5.68. The molecular formula is C43H68N5O21S-. The molecule has 0 bridgehead atoms. The Labute approximate surface area is 404 Å². The van der Waals surface area contributed by atoms with Gasteiger partial charge >= 0.3 is 29.6 Å². The first-order valence-corrected chi connectivity index (χ1v) is 24.6. The smallest absolute Gasteiger partial charge is 0.330 e. The minimum absolute atomic E-state index is 0.205. The van der Waals surface area contributed by atoms with Gasteiger partial charge in [0, 0.05) is 45.2 Å². The third-order valence-electron chi connectivity index (χ3n) is 12.5. The number of H-pyrrole nitrogens is 1. The van der Waals surface area contributed by atoms with Gasteiger partial charge in [-0.1, -0.05) is 65.7 Å². The quantitative estimate of drug-likeness (QED) is 0.0229. The Kier molecular flexibility index (Phi) is 21.9. The molecule has 3 fully saturated rings. The number of aliphatic hydroxyl groups is 3. The lowest BCUT2D eigenvalue weighted by Gasteiger charge is -2.38. The zero-order valence-electron chi connectivity index (χ0n) is 39.8. The topological polar surface area (TPSA) is 386 Å². The minimum atomic E-state index is -5.62. The standard InChI is InChI=1S/C43H69N5O21S/c1-22(2)13-11-9-7-6-8-10-12-14-24(64-29(52)18-23(3)17-28(50)51)19-30(53)65-26-21-46(4)32(39(57)47(5)31(26)41(58)59)36(68-42-38(69-70(61,62)63)33(54)25(20-44)66-42)37-34(55)35(56)40(67-37)48-16-15-27(49)45-43(48)60/h15-16,22-26,31-38,40,42,54-56H,6-14,17-21,44H2,1-5H3,(H,50,51)(H,58,59)(H,45,49,60)(H,61,62,63)/p-1/t23-,24+,25-,26+,31+,32+,33-,34+,35-,36+,37+,38-,40-,42+/m1/s1. The molecule has 8 N–H and O–H groups in total. The third-order valence-corrected chi connectivity index (χ3v) is 12.9. The van der Waals surface area contributed by atoms with Gasteiger partial charge in [-0.05, 0) is 31.7 Å². The number of nitrogens with one attached hydrogen (secondary N) is 1. The van der Waals surface area contributed by atoms with Crippen LogP contribution >= 0.6 is 0 Å². The molecule has 0 aromatic carbocycles. The van der Waals surface area contributed by atoms with Crippen molar-refractivity contribution in [1.82, 2.24) is 19.4 Å². The van der Waals surface area contributed by atoms with E-state index in [1.807, 2.05) is 4.98 Å². The second kappa shape index (κ2) is 26.3. The van der Waals surface area contributed by atoms with Crippen molar-refractivity contribution in [3.63, 3.8) is 0 Å². The van der Waals surface area contributed by atoms with Crippen LogP contribution in [-0.2, 0) is 62.2 Å². The van der Waals surface area contributed by atoms with Crippen LogP contribution < -0.4 is 17.0 Å². The lowest BCUT2D eigenvalue weighted by molar-refractivity contribution is -0.230. The molecule has 3 aliphatic rings. The number of unbranched alkanes of at least 4 members (excludes halogenated alkanes) is 6. The molecule has 3 saturated heterocycles. The number of nitrogens with zero attached hydrogens (tertiary/aromatic N) is 3. The van der Waals surface area contributed by atoms with Crippen LogP contribution in [0.15, 0.2) is 21.9 Å². The molecule has 4 rings (SSSR count). The van der Waals surface area contributed by atoms with E-state index in [-0.39, 0.29) is 19.3 Å². The van der Waals surface area contributed by atoms with Crippen molar-refractivity contribution >= 4 is 40.2 Å². The van der Waals surface area contributed by atoms with E-state index in [9.17, 15) is 72.1 Å². The van der Waals surface area contributed by atoms with Crippen LogP contribution in [0, 0.1) is 11.8 Å². The number of carbonyl (C=O) groups excluding carboxylic acids is 3. The van der Waals surface area contributed by atoms with Gasteiger partial charge in [0.25, 0.3) is 5.56 Å². The number of hydrogen-bond donors (Lipinski definition) is 7. The van der Waals surface area contributed by atoms with E-state index in [0.29, 0.717) is 21.8 Å². The van der Waals surface area contributed by atoms with Crippen molar-refractivity contribution in [3.8, 4) is 0 Å². The third kappa shape index (κ3) is 16.3. The molecule has 0 spiro atoms. The van der Waals surface area contributed by atoms with Crippen molar-refractivity contribution in [2.24, 2.45) is 17.6 Å². The van der Waals surface area contributed by atoms with Gasteiger partial charge < -0.3 is 64.4 Å². The largest absolute Gasteiger partial charge is 0.726 e. The first-order chi connectivity index (χ1) is 32.8. The molecule has 0 saturated carbocycles. The number of hydrogen-bond acceptors (Lipinski definition) is 21. The average molecular weight is 1020 g/mol. The number of ether oxygens (including phenoxy) is 5. The van der Waals surface area contributed by atoms with Crippen LogP contribution in [0.3, 0.4) is 0 Å². The fourth-order valence-corrected chi connectivity index (χ4v) is 9.42. The maximum absolute atomic E-state index is 14.7. The van der Waals surface area contributed by atoms with E-state index in [1.54, 1.807) is 6.92 Å². The molecule has 0 unspecified atom stereocenters. The SMILES string of the molecule is CC(C)CCCCCCCCC[C@@H](CC(=O)O[C@H]1CN(C)[C@@H]([C@H](O[C@@H]2O[C@H](CN)[C@@H](O)[C@H]2OS(=O)(=O)[O-])[C@H]2O[C@@H](n3ccc(=O)[nH]c3=O)[C@H](O)[C@@H]2O)C(=O)N(C)[C@@H]1C(=O)O)OC(=O)C[C@H](C)CC(=O)O. The van der Waals surface area contributed by atoms with E-state index in [4.69, 9.17) is 29.4 Å². The summed E-state index contributed by atoms with van der Waals surface area (Å²) in [6.45, 7) is 4.78. The Bertz CT molecular complexity index is 2160. The second-order valence-corrected chi connectivity index (χ2v) is 19.7. The number of likely N-dealkylation sites (N-methyl/N-ethyl adjacent to an activating group) is 2. The summed E-state index contributed by atoms with van der Waals surface area (Å²) < 4.78 is 69.8. The predicted octanol–water partition coefficient (Wildman–Crippen LogP) is -1.46. The fraction of sp³-hybridized carbons (Fsp3) is 0.791. The van der Waals surface area contributed by atoms with Crippen molar-refractivity contribution < 1.29 is 90.3 Å². The first kappa shape index (κ1) is 58.2. The highest BCUT2D eigenvalue weighted by molar-refractivity contribution is 7.80. The number of rotatable bonds is 27. The minimum Gasteiger partial charge on any atom is -0.726 e. The van der Waals surface area contributed by atoms with Crippen LogP contribution in [0.1, 0.15) is 104 Å². The van der Waals surface area contributed by atoms with Crippen molar-refractivity contribution in [1.29, 1.82) is 0 Å². The molecule has 4 heterocycles. The Hall–Kier alpha value is -4.42. The number of amides is 1. The lowest BCUT2D eigenvalue weighted by Crippen LogP contribution is -2.60. The highest BCUT2D eigenvalue weighted by atomic mass is 32.3. The van der Waals surface area contributed by atoms with Gasteiger partial charge in [0.15, 0.2) is 24.7 Å². The average Bonchev–Trinajstić information content (AvgIpc) is 3.66. The molecule has 70 heavy (non-hydrogen) atoms.